The van der Waals surface area contributed by atoms with Gasteiger partial charge >= 0.3 is 0 Å². The zero-order valence-corrected chi connectivity index (χ0v) is 10.5. The third kappa shape index (κ3) is 3.03. The minimum absolute atomic E-state index is 0.404. The predicted molar refractivity (Wildman–Crippen MR) is 63.8 cm³/mol. The van der Waals surface area contributed by atoms with Crippen molar-refractivity contribution < 1.29 is 9.47 Å². The second kappa shape index (κ2) is 5.63. The summed E-state index contributed by atoms with van der Waals surface area (Å²) in [6.45, 7) is 4.68. The van der Waals surface area contributed by atoms with E-state index in [-0.39, 0.29) is 0 Å². The quantitative estimate of drug-likeness (QED) is 0.579. The number of ether oxygens (including phenoxy) is 2. The Morgan fingerprint density at radius 3 is 2.27 bits per heavy atom. The predicted octanol–water partition coefficient (Wildman–Crippen LogP) is 0.966. The van der Waals surface area contributed by atoms with Gasteiger partial charge in [0.2, 0.25) is 0 Å². The minimum Gasteiger partial charge on any atom is -0.363 e. The Bertz CT molecular complexity index is 209. The van der Waals surface area contributed by atoms with E-state index in [0.717, 1.165) is 37.6 Å². The third-order valence-corrected chi connectivity index (χ3v) is 3.29. The first kappa shape index (κ1) is 12.7. The Balaban J connectivity index is 2.44. The van der Waals surface area contributed by atoms with Gasteiger partial charge in [0.1, 0.15) is 0 Å². The molecule has 0 aliphatic carbocycles. The maximum absolute atomic E-state index is 5.40. The molecule has 0 unspecified atom stereocenters. The average Bonchev–Trinajstić information content (AvgIpc) is 2.29. The standard InChI is InChI=1S/C10H20N2O2S/c1-4-11-9(15)12-7-5-10(13-2,14-3)6-8-12/h4-8H2,1-3H3,(H,11,15). The van der Waals surface area contributed by atoms with Crippen molar-refractivity contribution in [2.75, 3.05) is 33.9 Å². The topological polar surface area (TPSA) is 33.7 Å². The zero-order valence-electron chi connectivity index (χ0n) is 9.71. The number of methoxy groups -OCH3 is 2. The summed E-state index contributed by atoms with van der Waals surface area (Å²) >= 11 is 5.25. The van der Waals surface area contributed by atoms with Crippen LogP contribution in [0.15, 0.2) is 0 Å². The summed E-state index contributed by atoms with van der Waals surface area (Å²) in [6.07, 6.45) is 1.71. The Kier molecular flexibility index (Phi) is 4.76. The molecular weight excluding hydrogens is 212 g/mol. The van der Waals surface area contributed by atoms with E-state index in [1.165, 1.54) is 0 Å². The lowest BCUT2D eigenvalue weighted by molar-refractivity contribution is -0.225. The molecule has 1 aliphatic heterocycles. The second-order valence-electron chi connectivity index (χ2n) is 3.64. The fourth-order valence-corrected chi connectivity index (χ4v) is 2.13. The highest BCUT2D eigenvalue weighted by atomic mass is 32.1. The fraction of sp³-hybridized carbons (Fsp3) is 0.900. The van der Waals surface area contributed by atoms with Gasteiger partial charge < -0.3 is 19.7 Å². The van der Waals surface area contributed by atoms with Crippen LogP contribution in [0, 0.1) is 0 Å². The van der Waals surface area contributed by atoms with Gasteiger partial charge in [-0.2, -0.15) is 0 Å². The van der Waals surface area contributed by atoms with Crippen LogP contribution in [0.1, 0.15) is 19.8 Å². The molecule has 1 aliphatic rings. The summed E-state index contributed by atoms with van der Waals surface area (Å²) in [5, 5.41) is 3.99. The Morgan fingerprint density at radius 1 is 1.33 bits per heavy atom. The summed E-state index contributed by atoms with van der Waals surface area (Å²) in [5.74, 6) is -0.404. The van der Waals surface area contributed by atoms with Crippen LogP contribution in [0.25, 0.3) is 0 Å². The van der Waals surface area contributed by atoms with E-state index in [1.807, 2.05) is 6.92 Å². The van der Waals surface area contributed by atoms with Crippen LogP contribution >= 0.6 is 12.2 Å². The Morgan fingerprint density at radius 2 is 1.87 bits per heavy atom. The molecule has 1 N–H and O–H groups in total. The maximum Gasteiger partial charge on any atom is 0.170 e. The number of rotatable bonds is 3. The molecule has 15 heavy (non-hydrogen) atoms. The van der Waals surface area contributed by atoms with Crippen molar-refractivity contribution in [2.24, 2.45) is 0 Å². The molecule has 0 amide bonds. The van der Waals surface area contributed by atoms with Gasteiger partial charge in [0.15, 0.2) is 10.9 Å². The summed E-state index contributed by atoms with van der Waals surface area (Å²) in [5.41, 5.74) is 0. The number of hydrogen-bond acceptors (Lipinski definition) is 3. The lowest BCUT2D eigenvalue weighted by Gasteiger charge is -2.40. The molecule has 1 saturated heterocycles. The Hall–Kier alpha value is -0.390. The average molecular weight is 232 g/mol. The van der Waals surface area contributed by atoms with E-state index in [1.54, 1.807) is 14.2 Å². The van der Waals surface area contributed by atoms with E-state index < -0.39 is 5.79 Å². The van der Waals surface area contributed by atoms with Crippen LogP contribution in [-0.2, 0) is 9.47 Å². The largest absolute Gasteiger partial charge is 0.363 e. The lowest BCUT2D eigenvalue weighted by Crippen LogP contribution is -2.51. The van der Waals surface area contributed by atoms with E-state index in [0.29, 0.717) is 0 Å². The SMILES string of the molecule is CCNC(=S)N1CCC(OC)(OC)CC1. The number of hydrogen-bond donors (Lipinski definition) is 1. The highest BCUT2D eigenvalue weighted by Crippen LogP contribution is 2.26. The highest BCUT2D eigenvalue weighted by Gasteiger charge is 2.34. The molecule has 88 valence electrons. The number of piperidine rings is 1. The molecule has 0 radical (unpaired) electrons. The number of likely N-dealkylation sites (tertiary alicyclic amines) is 1. The van der Waals surface area contributed by atoms with Crippen molar-refractivity contribution in [1.82, 2.24) is 10.2 Å². The summed E-state index contributed by atoms with van der Waals surface area (Å²) in [7, 11) is 3.39. The van der Waals surface area contributed by atoms with Gasteiger partial charge in [-0.15, -0.1) is 0 Å². The van der Waals surface area contributed by atoms with E-state index in [4.69, 9.17) is 21.7 Å². The molecule has 5 heteroatoms. The molecule has 0 spiro atoms. The smallest absolute Gasteiger partial charge is 0.170 e. The van der Waals surface area contributed by atoms with Crippen molar-refractivity contribution in [2.45, 2.75) is 25.6 Å². The van der Waals surface area contributed by atoms with Crippen LogP contribution in [0.4, 0.5) is 0 Å². The lowest BCUT2D eigenvalue weighted by atomic mass is 10.0. The molecule has 0 aromatic rings. The van der Waals surface area contributed by atoms with Gasteiger partial charge in [0.05, 0.1) is 0 Å². The van der Waals surface area contributed by atoms with E-state index in [9.17, 15) is 0 Å². The van der Waals surface area contributed by atoms with Crippen molar-refractivity contribution >= 4 is 17.3 Å². The van der Waals surface area contributed by atoms with Crippen LogP contribution in [-0.4, -0.2) is 49.7 Å². The molecule has 4 nitrogen and oxygen atoms in total. The van der Waals surface area contributed by atoms with Crippen molar-refractivity contribution in [3.8, 4) is 0 Å². The molecule has 0 saturated carbocycles. The van der Waals surface area contributed by atoms with Gasteiger partial charge in [-0.1, -0.05) is 0 Å². The molecule has 1 heterocycles. The second-order valence-corrected chi connectivity index (χ2v) is 4.03. The molecule has 0 aromatic heterocycles. The van der Waals surface area contributed by atoms with Gasteiger partial charge in [-0.25, -0.2) is 0 Å². The van der Waals surface area contributed by atoms with Crippen molar-refractivity contribution in [1.29, 1.82) is 0 Å². The van der Waals surface area contributed by atoms with Crippen molar-refractivity contribution in [3.05, 3.63) is 0 Å². The first-order valence-corrected chi connectivity index (χ1v) is 5.71. The number of thiocarbonyl (C=S) groups is 1. The number of nitrogens with zero attached hydrogens (tertiary/aromatic N) is 1. The molecule has 1 rings (SSSR count). The molecule has 0 atom stereocenters. The minimum atomic E-state index is -0.404. The monoisotopic (exact) mass is 232 g/mol. The van der Waals surface area contributed by atoms with Gasteiger partial charge in [-0.3, -0.25) is 0 Å². The van der Waals surface area contributed by atoms with Crippen molar-refractivity contribution in [3.63, 3.8) is 0 Å². The zero-order chi connectivity index (χ0) is 11.3. The summed E-state index contributed by atoms with van der Waals surface area (Å²) in [6, 6.07) is 0. The highest BCUT2D eigenvalue weighted by molar-refractivity contribution is 7.80. The summed E-state index contributed by atoms with van der Waals surface area (Å²) < 4.78 is 10.8. The van der Waals surface area contributed by atoms with Gasteiger partial charge in [-0.05, 0) is 19.1 Å². The Labute approximate surface area is 96.9 Å². The van der Waals surface area contributed by atoms with Crippen LogP contribution in [0.5, 0.6) is 0 Å². The van der Waals surface area contributed by atoms with Crippen LogP contribution < -0.4 is 5.32 Å². The normalized spacial score (nSPS) is 20.1. The van der Waals surface area contributed by atoms with Crippen LogP contribution in [0.3, 0.4) is 0 Å². The molecular formula is C10H20N2O2S. The first-order chi connectivity index (χ1) is 7.17. The third-order valence-electron chi connectivity index (χ3n) is 2.88. The molecule has 0 bridgehead atoms. The maximum atomic E-state index is 5.40. The molecule has 0 aromatic carbocycles. The van der Waals surface area contributed by atoms with E-state index >= 15 is 0 Å². The van der Waals surface area contributed by atoms with Crippen LogP contribution in [0.2, 0.25) is 0 Å². The first-order valence-electron chi connectivity index (χ1n) is 5.30. The van der Waals surface area contributed by atoms with Gasteiger partial charge in [0.25, 0.3) is 0 Å². The number of nitrogens with one attached hydrogen (secondary N) is 1. The fourth-order valence-electron chi connectivity index (χ4n) is 1.81. The summed E-state index contributed by atoms with van der Waals surface area (Å²) in [4.78, 5) is 2.16. The molecule has 1 fully saturated rings. The van der Waals surface area contributed by atoms with E-state index in [2.05, 4.69) is 10.2 Å². The van der Waals surface area contributed by atoms with Gasteiger partial charge in [0, 0.05) is 46.7 Å².